The zero-order valence-electron chi connectivity index (χ0n) is 25.1. The smallest absolute Gasteiger partial charge is 0.367 e. The van der Waals surface area contributed by atoms with E-state index in [1.165, 1.54) is 17.7 Å². The second-order valence-corrected chi connectivity index (χ2v) is 10.7. The van der Waals surface area contributed by atoms with Gasteiger partial charge in [0, 0.05) is 44.5 Å². The number of alkyl halides is 3. The molecule has 0 spiro atoms. The molecule has 1 aliphatic rings. The molecule has 3 nitrogen and oxygen atoms in total. The number of piperidine rings is 1. The highest BCUT2D eigenvalue weighted by molar-refractivity contribution is 5.62. The van der Waals surface area contributed by atoms with Gasteiger partial charge >= 0.3 is 6.18 Å². The Bertz CT molecular complexity index is 828. The topological polar surface area (TPSA) is 9.72 Å². The maximum atomic E-state index is 13.0. The number of aryl methyl sites for hydroxylation is 1. The molecule has 0 N–H and O–H groups in total. The molecule has 1 saturated heterocycles. The van der Waals surface area contributed by atoms with E-state index in [0.29, 0.717) is 19.1 Å². The Morgan fingerprint density at radius 2 is 1.69 bits per heavy atom. The average Bonchev–Trinajstić information content (AvgIpc) is 2.91. The Hall–Kier alpha value is -2.05. The van der Waals surface area contributed by atoms with Gasteiger partial charge in [0.1, 0.15) is 0 Å². The van der Waals surface area contributed by atoms with Crippen LogP contribution in [0.15, 0.2) is 50.1 Å². The lowest BCUT2D eigenvalue weighted by molar-refractivity contribution is -0.185. The maximum absolute atomic E-state index is 13.0. The van der Waals surface area contributed by atoms with Crippen molar-refractivity contribution in [3.8, 4) is 0 Å². The summed E-state index contributed by atoms with van der Waals surface area (Å²) in [5.74, 6) is -1.15. The van der Waals surface area contributed by atoms with Crippen LogP contribution >= 0.6 is 0 Å². The van der Waals surface area contributed by atoms with Crippen molar-refractivity contribution in [1.29, 1.82) is 0 Å². The fourth-order valence-corrected chi connectivity index (χ4v) is 4.99. The number of benzene rings is 1. The van der Waals surface area contributed by atoms with Gasteiger partial charge in [0.2, 0.25) is 0 Å². The molecule has 1 aliphatic heterocycles. The summed E-state index contributed by atoms with van der Waals surface area (Å²) in [5.41, 5.74) is 3.75. The zero-order chi connectivity index (χ0) is 29.3. The van der Waals surface area contributed by atoms with E-state index in [-0.39, 0.29) is 12.8 Å². The van der Waals surface area contributed by atoms with Gasteiger partial charge < -0.3 is 9.80 Å². The highest BCUT2D eigenvalue weighted by atomic mass is 19.4. The third kappa shape index (κ3) is 12.8. The molecular formula is C33H54F3N3. The first-order valence-corrected chi connectivity index (χ1v) is 14.9. The second kappa shape index (κ2) is 19.1. The number of halogens is 3. The molecule has 1 heterocycles. The number of anilines is 1. The normalized spacial score (nSPS) is 15.4. The summed E-state index contributed by atoms with van der Waals surface area (Å²) in [6.07, 6.45) is 7.63. The van der Waals surface area contributed by atoms with Crippen molar-refractivity contribution in [2.75, 3.05) is 50.7 Å². The molecule has 1 unspecified atom stereocenters. The van der Waals surface area contributed by atoms with Crippen molar-refractivity contribution >= 4 is 11.8 Å². The largest absolute Gasteiger partial charge is 0.391 e. The summed E-state index contributed by atoms with van der Waals surface area (Å²) in [5, 5.41) is 0. The molecule has 0 radical (unpaired) electrons. The minimum atomic E-state index is -4.06. The van der Waals surface area contributed by atoms with E-state index < -0.39 is 12.1 Å². The van der Waals surface area contributed by atoms with E-state index in [2.05, 4.69) is 80.3 Å². The van der Waals surface area contributed by atoms with E-state index in [1.807, 2.05) is 18.2 Å². The first kappa shape index (κ1) is 35.0. The monoisotopic (exact) mass is 549 g/mol. The first-order chi connectivity index (χ1) is 18.6. The molecule has 1 aromatic rings. The van der Waals surface area contributed by atoms with Gasteiger partial charge in [0.15, 0.2) is 0 Å². The van der Waals surface area contributed by atoms with Crippen LogP contribution < -0.4 is 4.90 Å². The van der Waals surface area contributed by atoms with E-state index in [9.17, 15) is 13.2 Å². The number of unbranched alkanes of at least 4 members (excludes halogenated alkanes) is 1. The molecule has 1 atom stereocenters. The summed E-state index contributed by atoms with van der Waals surface area (Å²) in [4.78, 5) is 7.02. The van der Waals surface area contributed by atoms with Crippen LogP contribution in [0.3, 0.4) is 0 Å². The number of hydrogen-bond acceptors (Lipinski definition) is 3. The zero-order valence-corrected chi connectivity index (χ0v) is 25.1. The van der Waals surface area contributed by atoms with E-state index in [4.69, 9.17) is 0 Å². The van der Waals surface area contributed by atoms with Crippen LogP contribution in [-0.2, 0) is 6.42 Å². The lowest BCUT2D eigenvalue weighted by Crippen LogP contribution is -2.45. The van der Waals surface area contributed by atoms with Gasteiger partial charge in [-0.1, -0.05) is 70.6 Å². The standard InChI is InChI=1S/C30H46F3N3.C3H8/c1-6-10-12-27-14-13-26(9-4)24-29(27)36(25(5)11-7-2)23-22-34(17-8-3)20-21-35-18-15-28(16-19-35)30(31,32)33;1-3-2/h7-9,13-14,24-25,28H,2-4,6,10-12,15-23H2,1,5H3;3H2,1-2H3. The van der Waals surface area contributed by atoms with E-state index in [0.717, 1.165) is 64.0 Å². The van der Waals surface area contributed by atoms with Gasteiger partial charge in [-0.25, -0.2) is 0 Å². The Morgan fingerprint density at radius 3 is 2.23 bits per heavy atom. The van der Waals surface area contributed by atoms with Gasteiger partial charge in [-0.05, 0) is 69.3 Å². The Kier molecular flexibility index (Phi) is 17.1. The van der Waals surface area contributed by atoms with Gasteiger partial charge in [-0.2, -0.15) is 13.2 Å². The van der Waals surface area contributed by atoms with Crippen LogP contribution in [0.25, 0.3) is 6.08 Å². The molecule has 1 aromatic carbocycles. The van der Waals surface area contributed by atoms with Crippen LogP contribution in [0.4, 0.5) is 18.9 Å². The van der Waals surface area contributed by atoms with Crippen molar-refractivity contribution in [1.82, 2.24) is 9.80 Å². The number of hydrogen-bond donors (Lipinski definition) is 0. The first-order valence-electron chi connectivity index (χ1n) is 14.9. The Balaban J connectivity index is 0.00000242. The summed E-state index contributed by atoms with van der Waals surface area (Å²) in [6, 6.07) is 6.93. The fraction of sp³-hybridized carbons (Fsp3) is 0.636. The fourth-order valence-electron chi connectivity index (χ4n) is 4.99. The van der Waals surface area contributed by atoms with Crippen LogP contribution in [0.2, 0.25) is 0 Å². The molecule has 39 heavy (non-hydrogen) atoms. The molecule has 0 aromatic heterocycles. The predicted octanol–water partition coefficient (Wildman–Crippen LogP) is 8.62. The molecule has 0 saturated carbocycles. The summed E-state index contributed by atoms with van der Waals surface area (Å²) in [7, 11) is 0. The minimum absolute atomic E-state index is 0.206. The van der Waals surface area contributed by atoms with Crippen LogP contribution in [0, 0.1) is 5.92 Å². The third-order valence-corrected chi connectivity index (χ3v) is 7.32. The van der Waals surface area contributed by atoms with E-state index in [1.54, 1.807) is 0 Å². The number of nitrogens with zero attached hydrogens (tertiary/aromatic N) is 3. The molecule has 0 amide bonds. The van der Waals surface area contributed by atoms with Crippen molar-refractivity contribution in [3.63, 3.8) is 0 Å². The van der Waals surface area contributed by atoms with Crippen molar-refractivity contribution in [3.05, 3.63) is 61.2 Å². The Morgan fingerprint density at radius 1 is 1.03 bits per heavy atom. The summed E-state index contributed by atoms with van der Waals surface area (Å²) in [6.45, 7) is 25.7. The van der Waals surface area contributed by atoms with Gasteiger partial charge in [-0.15, -0.1) is 13.2 Å². The summed E-state index contributed by atoms with van der Waals surface area (Å²) < 4.78 is 39.0. The van der Waals surface area contributed by atoms with Crippen molar-refractivity contribution in [2.24, 2.45) is 5.92 Å². The Labute approximate surface area is 237 Å². The van der Waals surface area contributed by atoms with E-state index >= 15 is 0 Å². The molecular weight excluding hydrogens is 495 g/mol. The summed E-state index contributed by atoms with van der Waals surface area (Å²) >= 11 is 0. The third-order valence-electron chi connectivity index (χ3n) is 7.32. The molecule has 222 valence electrons. The molecule has 6 heteroatoms. The van der Waals surface area contributed by atoms with Crippen molar-refractivity contribution in [2.45, 2.75) is 84.9 Å². The van der Waals surface area contributed by atoms with Gasteiger partial charge in [0.25, 0.3) is 0 Å². The van der Waals surface area contributed by atoms with Crippen LogP contribution in [-0.4, -0.2) is 67.8 Å². The van der Waals surface area contributed by atoms with Gasteiger partial charge in [0.05, 0.1) is 5.92 Å². The number of likely N-dealkylation sites (tertiary alicyclic amines) is 1. The average molecular weight is 550 g/mol. The van der Waals surface area contributed by atoms with Crippen LogP contribution in [0.5, 0.6) is 0 Å². The molecule has 0 aliphatic carbocycles. The highest BCUT2D eigenvalue weighted by Crippen LogP contribution is 2.34. The molecule has 0 bridgehead atoms. The lowest BCUT2D eigenvalue weighted by Gasteiger charge is -2.36. The van der Waals surface area contributed by atoms with Crippen molar-refractivity contribution < 1.29 is 13.2 Å². The molecule has 1 fully saturated rings. The minimum Gasteiger partial charge on any atom is -0.367 e. The molecule has 2 rings (SSSR count). The highest BCUT2D eigenvalue weighted by Gasteiger charge is 2.40. The quantitative estimate of drug-likeness (QED) is 0.191. The SMILES string of the molecule is C=CCC(C)N(CCN(CC=C)CCN1CCC(C(F)(F)F)CC1)c1cc(C=C)ccc1CCCC.CCC. The lowest BCUT2D eigenvalue weighted by atomic mass is 9.96. The maximum Gasteiger partial charge on any atom is 0.391 e. The van der Waals surface area contributed by atoms with Crippen LogP contribution in [0.1, 0.15) is 77.3 Å². The second-order valence-electron chi connectivity index (χ2n) is 10.7. The van der Waals surface area contributed by atoms with Gasteiger partial charge in [-0.3, -0.25) is 4.90 Å². The number of rotatable bonds is 16. The predicted molar refractivity (Wildman–Crippen MR) is 165 cm³/mol.